The van der Waals surface area contributed by atoms with Gasteiger partial charge in [0.05, 0.1) is 40.6 Å². The Morgan fingerprint density at radius 3 is 1.51 bits per heavy atom. The summed E-state index contributed by atoms with van der Waals surface area (Å²) in [5.41, 5.74) is 1.24. The number of aromatic amines is 1. The molecule has 0 spiro atoms. The molecule has 6 heterocycles. The molecule has 3 aromatic heterocycles. The Kier molecular flexibility index (Phi) is 17.0. The van der Waals surface area contributed by atoms with E-state index in [0.29, 0.717) is 19.6 Å². The molecule has 18 nitrogen and oxygen atoms in total. The number of carbonyl (C=O) groups excluding carboxylic acids is 3. The van der Waals surface area contributed by atoms with Gasteiger partial charge in [0.25, 0.3) is 0 Å². The van der Waals surface area contributed by atoms with Gasteiger partial charge >= 0.3 is 18.3 Å². The molecule has 3 aromatic carbocycles. The number of nitrogens with one attached hydrogen (secondary N) is 1. The van der Waals surface area contributed by atoms with E-state index in [1.807, 2.05) is 169 Å². The van der Waals surface area contributed by atoms with E-state index in [9.17, 15) is 18.8 Å². The first-order chi connectivity index (χ1) is 34.7. The number of hydrogen-bond donors (Lipinski definition) is 1. The van der Waals surface area contributed by atoms with Crippen LogP contribution >= 0.6 is 0 Å². The molecule has 3 amide bonds. The van der Waals surface area contributed by atoms with Crippen LogP contribution in [0.2, 0.25) is 0 Å². The van der Waals surface area contributed by atoms with Crippen LogP contribution < -0.4 is 14.2 Å². The molecule has 3 saturated heterocycles. The van der Waals surface area contributed by atoms with Crippen LogP contribution in [0.1, 0.15) is 104 Å². The molecule has 1 N–H and O–H groups in total. The van der Waals surface area contributed by atoms with E-state index >= 15 is 0 Å². The normalized spacial score (nSPS) is 21.1. The zero-order chi connectivity index (χ0) is 54.3. The van der Waals surface area contributed by atoms with Gasteiger partial charge in [0, 0.05) is 73.8 Å². The smallest absolute Gasteiger partial charge is 0.410 e. The van der Waals surface area contributed by atoms with Crippen LogP contribution in [0.4, 0.5) is 18.8 Å². The molecule has 398 valence electrons. The fourth-order valence-electron chi connectivity index (χ4n) is 9.03. The van der Waals surface area contributed by atoms with Gasteiger partial charge < -0.3 is 43.1 Å². The third-order valence-electron chi connectivity index (χ3n) is 12.2. The van der Waals surface area contributed by atoms with E-state index < -0.39 is 24.0 Å². The third-order valence-corrected chi connectivity index (χ3v) is 12.2. The molecule has 0 radical (unpaired) electrons. The molecule has 3 aliphatic rings. The summed E-state index contributed by atoms with van der Waals surface area (Å²) >= 11 is 0. The lowest BCUT2D eigenvalue weighted by Gasteiger charge is -2.26. The first kappa shape index (κ1) is 54.0. The molecule has 0 saturated carbocycles. The summed E-state index contributed by atoms with van der Waals surface area (Å²) < 4.78 is 54.0. The van der Waals surface area contributed by atoms with Crippen molar-refractivity contribution < 1.29 is 48.6 Å². The second kappa shape index (κ2) is 23.0. The summed E-state index contributed by atoms with van der Waals surface area (Å²) in [6.07, 6.45) is 6.91. The molecule has 73 heavy (non-hydrogen) atoms. The Morgan fingerprint density at radius 1 is 0.616 bits per heavy atom. The van der Waals surface area contributed by atoms with Gasteiger partial charge in [0.1, 0.15) is 68.9 Å². The SMILES string of the molecule is C[C@H]1C[C@@H](Oc2cccc3cn(C)nc23)CN1C(=O)OC(C)(C)C.C[C@H]1C[C@@H](Oc2cccc3cn[nH]c23)CN1C(=O)OC(C)(C)C.C[C@H]1C[C@@H](Oc2cccc3cnn(C)c23)CN1C(=O)OC(C)(C)C.[2H]CF. The van der Waals surface area contributed by atoms with Crippen molar-refractivity contribution in [2.24, 2.45) is 14.1 Å². The monoisotopic (exact) mass is 1010 g/mol. The van der Waals surface area contributed by atoms with Crippen LogP contribution in [0, 0.1) is 0 Å². The number of fused-ring (bicyclic) bond motifs is 3. The molecular weight excluding hydrogens is 938 g/mol. The van der Waals surface area contributed by atoms with Gasteiger partial charge in [0.2, 0.25) is 0 Å². The summed E-state index contributed by atoms with van der Waals surface area (Å²) in [7, 11) is 2.80. The Bertz CT molecular complexity index is 2830. The highest BCUT2D eigenvalue weighted by Crippen LogP contribution is 2.32. The minimum Gasteiger partial charge on any atom is -0.486 e. The number of para-hydroxylation sites is 2. The number of H-pyrrole nitrogens is 1. The van der Waals surface area contributed by atoms with Crippen molar-refractivity contribution in [3.8, 4) is 17.2 Å². The molecule has 19 heteroatoms. The van der Waals surface area contributed by atoms with Gasteiger partial charge in [-0.2, -0.15) is 15.3 Å². The van der Waals surface area contributed by atoms with Gasteiger partial charge in [-0.15, -0.1) is 0 Å². The zero-order valence-corrected chi connectivity index (χ0v) is 45.0. The van der Waals surface area contributed by atoms with Crippen molar-refractivity contribution in [3.63, 3.8) is 0 Å². The third kappa shape index (κ3) is 14.7. The van der Waals surface area contributed by atoms with Crippen molar-refractivity contribution >= 4 is 51.0 Å². The predicted octanol–water partition coefficient (Wildman–Crippen LogP) is 10.6. The van der Waals surface area contributed by atoms with Crippen LogP contribution in [-0.2, 0) is 28.3 Å². The van der Waals surface area contributed by atoms with E-state index in [0.717, 1.165) is 69.2 Å². The number of aromatic nitrogens is 6. The maximum atomic E-state index is 12.3. The fourth-order valence-corrected chi connectivity index (χ4v) is 9.03. The maximum absolute atomic E-state index is 12.3. The molecule has 3 aliphatic heterocycles. The predicted molar refractivity (Wildman–Crippen MR) is 279 cm³/mol. The van der Waals surface area contributed by atoms with E-state index in [-0.39, 0.29) is 54.7 Å². The number of nitrogens with zero attached hydrogens (tertiary/aromatic N) is 8. The lowest BCUT2D eigenvalue weighted by Crippen LogP contribution is -2.39. The number of aryl methyl sites for hydroxylation is 2. The number of ether oxygens (including phenoxy) is 6. The van der Waals surface area contributed by atoms with Gasteiger partial charge in [-0.3, -0.25) is 18.9 Å². The highest BCUT2D eigenvalue weighted by Gasteiger charge is 2.39. The van der Waals surface area contributed by atoms with Crippen LogP contribution in [-0.4, -0.2) is 143 Å². The summed E-state index contributed by atoms with van der Waals surface area (Å²) in [4.78, 5) is 42.2. The summed E-state index contributed by atoms with van der Waals surface area (Å²) in [5.74, 6) is 2.33. The second-order valence-electron chi connectivity index (χ2n) is 21.9. The molecule has 0 bridgehead atoms. The Hall–Kier alpha value is -6.79. The van der Waals surface area contributed by atoms with Crippen LogP contribution in [0.15, 0.2) is 73.2 Å². The average molecular weight is 1020 g/mol. The summed E-state index contributed by atoms with van der Waals surface area (Å²) in [5, 5.41) is 18.9. The second-order valence-corrected chi connectivity index (χ2v) is 21.9. The molecular formula is C54H76FN9O9. The topological polar surface area (TPSA) is 181 Å². The van der Waals surface area contributed by atoms with Gasteiger partial charge in [0.15, 0.2) is 0 Å². The molecule has 6 atom stereocenters. The highest BCUT2D eigenvalue weighted by molar-refractivity contribution is 5.85. The number of alkyl halides is 1. The zero-order valence-electron chi connectivity index (χ0n) is 46.0. The highest BCUT2D eigenvalue weighted by atomic mass is 19.1. The van der Waals surface area contributed by atoms with Crippen molar-refractivity contribution in [1.82, 2.24) is 44.5 Å². The number of amides is 3. The molecule has 0 aliphatic carbocycles. The number of rotatable bonds is 6. The average Bonchev–Trinajstić information content (AvgIpc) is 4.16. The number of halogens is 1. The molecule has 3 fully saturated rings. The first-order valence-electron chi connectivity index (χ1n) is 25.5. The minimum absolute atomic E-state index is 0.0481. The van der Waals surface area contributed by atoms with Crippen molar-refractivity contribution in [2.45, 2.75) is 156 Å². The van der Waals surface area contributed by atoms with Gasteiger partial charge in [-0.25, -0.2) is 14.4 Å². The number of benzene rings is 3. The number of likely N-dealkylation sites (tertiary alicyclic amines) is 3. The maximum Gasteiger partial charge on any atom is 0.410 e. The van der Waals surface area contributed by atoms with Crippen molar-refractivity contribution in [2.75, 3.05) is 26.8 Å². The Balaban J connectivity index is 0.000000176. The largest absolute Gasteiger partial charge is 0.486 e. The van der Waals surface area contributed by atoms with E-state index in [1.54, 1.807) is 25.6 Å². The molecule has 9 rings (SSSR count). The van der Waals surface area contributed by atoms with Gasteiger partial charge in [-0.1, -0.05) is 36.4 Å². The standard InChI is InChI=1S/2C18H25N3O3.C17H23N3O3.CH3F/c1-12-9-14(11-21(12)17(22)24-18(2,3)4)23-15-8-6-7-13-10-20(5)19-16(13)15;1-12-9-14(11-21(12)17(22)24-18(2,3)4)23-15-8-6-7-13-10-19-20(5)16(13)15;1-11-8-13(10-20(11)16(21)23-17(2,3)4)22-14-7-5-6-12-9-18-19-15(12)14;1-2/h2*6-8,10,12,14H,9,11H2,1-5H3;5-7,9,11,13H,8,10H2,1-4H3,(H,18,19);1H3/t2*12-,14+;11-,13+;/m000./s1/i;;;1D. The van der Waals surface area contributed by atoms with E-state index in [1.165, 1.54) is 0 Å². The lowest BCUT2D eigenvalue weighted by atomic mass is 10.2. The Labute approximate surface area is 429 Å². The van der Waals surface area contributed by atoms with E-state index in [2.05, 4.69) is 20.4 Å². The van der Waals surface area contributed by atoms with Crippen molar-refractivity contribution in [3.05, 3.63) is 73.2 Å². The molecule has 0 unspecified atom stereocenters. The number of carbonyl (C=O) groups is 3. The summed E-state index contributed by atoms with van der Waals surface area (Å²) in [6, 6.07) is 17.9. The molecule has 6 aromatic rings. The van der Waals surface area contributed by atoms with Crippen LogP contribution in [0.25, 0.3) is 32.7 Å². The van der Waals surface area contributed by atoms with Crippen LogP contribution in [0.5, 0.6) is 17.2 Å². The van der Waals surface area contributed by atoms with Gasteiger partial charge in [-0.05, 0) is 101 Å². The quantitative estimate of drug-likeness (QED) is 0.156. The number of hydrogen-bond acceptors (Lipinski definition) is 12. The van der Waals surface area contributed by atoms with Crippen LogP contribution in [0.3, 0.4) is 0 Å². The summed E-state index contributed by atoms with van der Waals surface area (Å²) in [6.45, 7) is 24.5. The van der Waals surface area contributed by atoms with Crippen molar-refractivity contribution in [1.29, 1.82) is 0 Å². The first-order valence-corrected chi connectivity index (χ1v) is 24.8. The van der Waals surface area contributed by atoms with E-state index in [4.69, 9.17) is 29.8 Å². The minimum atomic E-state index is -1.00. The Morgan fingerprint density at radius 2 is 1.03 bits per heavy atom. The lowest BCUT2D eigenvalue weighted by molar-refractivity contribution is 0.0214. The fraction of sp³-hybridized carbons (Fsp3) is 0.556.